The molecule has 3 rings (SSSR count). The molecule has 1 heterocycles. The van der Waals surface area contributed by atoms with Crippen LogP contribution in [0.25, 0.3) is 0 Å². The van der Waals surface area contributed by atoms with Crippen molar-refractivity contribution in [2.45, 2.75) is 83.5 Å². The van der Waals surface area contributed by atoms with Crippen molar-refractivity contribution in [2.24, 2.45) is 5.92 Å². The molecule has 2 aromatic carbocycles. The van der Waals surface area contributed by atoms with Crippen LogP contribution in [-0.4, -0.2) is 81.1 Å². The number of carbonyl (C=O) groups excluding carboxylic acids is 5. The molecule has 258 valence electrons. The highest BCUT2D eigenvalue weighted by Gasteiger charge is 2.40. The van der Waals surface area contributed by atoms with Gasteiger partial charge in [0.25, 0.3) is 5.69 Å². The molecule has 0 bridgehead atoms. The van der Waals surface area contributed by atoms with Crippen molar-refractivity contribution < 1.29 is 38.8 Å². The summed E-state index contributed by atoms with van der Waals surface area (Å²) >= 11 is 0. The van der Waals surface area contributed by atoms with Gasteiger partial charge in [0.1, 0.15) is 24.2 Å². The van der Waals surface area contributed by atoms with E-state index in [1.807, 2.05) is 13.0 Å². The number of likely N-dealkylation sites (tertiary alicyclic amines) is 1. The summed E-state index contributed by atoms with van der Waals surface area (Å²) in [5.41, 5.74) is 0.926. The Morgan fingerprint density at radius 3 is 2.21 bits per heavy atom. The van der Waals surface area contributed by atoms with Crippen molar-refractivity contribution in [3.63, 3.8) is 0 Å². The van der Waals surface area contributed by atoms with E-state index in [1.54, 1.807) is 31.2 Å². The number of non-ortho nitro benzene ring substituents is 1. The molecule has 0 aliphatic carbocycles. The lowest BCUT2D eigenvalue weighted by Crippen LogP contribution is -2.59. The molecule has 48 heavy (non-hydrogen) atoms. The van der Waals surface area contributed by atoms with Gasteiger partial charge in [-0.3, -0.25) is 38.9 Å². The molecule has 0 aromatic heterocycles. The third-order valence-corrected chi connectivity index (χ3v) is 8.21. The number of anilines is 1. The maximum absolute atomic E-state index is 13.9. The van der Waals surface area contributed by atoms with E-state index in [1.165, 1.54) is 36.1 Å². The zero-order valence-electron chi connectivity index (χ0n) is 27.1. The van der Waals surface area contributed by atoms with E-state index >= 15 is 0 Å². The summed E-state index contributed by atoms with van der Waals surface area (Å²) in [5.74, 6) is -4.32. The first-order valence-electron chi connectivity index (χ1n) is 15.8. The SMILES string of the molecule is CCC(C)[C@H](NC(=O)[C@H](C)NC(=O)CCC(=O)O)C(=O)N1CCC[C@H]1C(=O)N[C@@H](Cc1ccccc1)C(=O)Nc1ccc([N+](=O)[O-])cc1. The number of carboxylic acids is 1. The van der Waals surface area contributed by atoms with Crippen LogP contribution in [0.15, 0.2) is 54.6 Å². The molecular weight excluding hydrogens is 624 g/mol. The minimum absolute atomic E-state index is 0.133. The number of aliphatic carboxylic acids is 1. The Bertz CT molecular complexity index is 1480. The van der Waals surface area contributed by atoms with Gasteiger partial charge in [-0.25, -0.2) is 0 Å². The van der Waals surface area contributed by atoms with Gasteiger partial charge in [0.05, 0.1) is 11.3 Å². The van der Waals surface area contributed by atoms with E-state index in [2.05, 4.69) is 21.3 Å². The molecule has 1 aliphatic heterocycles. The van der Waals surface area contributed by atoms with Gasteiger partial charge in [-0.05, 0) is 43.4 Å². The van der Waals surface area contributed by atoms with E-state index in [-0.39, 0.29) is 31.0 Å². The number of amides is 5. The molecular formula is C33H42N6O9. The molecule has 15 nitrogen and oxygen atoms in total. The Labute approximate surface area is 278 Å². The first-order valence-corrected chi connectivity index (χ1v) is 15.8. The number of carbonyl (C=O) groups is 6. The van der Waals surface area contributed by atoms with Crippen molar-refractivity contribution in [1.82, 2.24) is 20.9 Å². The van der Waals surface area contributed by atoms with Crippen molar-refractivity contribution in [3.05, 3.63) is 70.3 Å². The van der Waals surface area contributed by atoms with Crippen LogP contribution in [0, 0.1) is 16.0 Å². The van der Waals surface area contributed by atoms with Gasteiger partial charge in [-0.15, -0.1) is 0 Å². The molecule has 5 N–H and O–H groups in total. The van der Waals surface area contributed by atoms with Crippen LogP contribution in [0.1, 0.15) is 58.4 Å². The zero-order valence-corrected chi connectivity index (χ0v) is 27.1. The lowest BCUT2D eigenvalue weighted by atomic mass is 9.97. The number of rotatable bonds is 16. The van der Waals surface area contributed by atoms with Gasteiger partial charge in [0.2, 0.25) is 29.5 Å². The van der Waals surface area contributed by atoms with Gasteiger partial charge in [-0.2, -0.15) is 0 Å². The Morgan fingerprint density at radius 1 is 0.938 bits per heavy atom. The summed E-state index contributed by atoms with van der Waals surface area (Å²) in [6.07, 6.45) is 0.798. The predicted molar refractivity (Wildman–Crippen MR) is 174 cm³/mol. The number of nitrogens with one attached hydrogen (secondary N) is 4. The minimum atomic E-state index is -1.15. The van der Waals surface area contributed by atoms with Crippen LogP contribution in [0.5, 0.6) is 0 Å². The van der Waals surface area contributed by atoms with Gasteiger partial charge in [-0.1, -0.05) is 50.6 Å². The quantitative estimate of drug-likeness (QED) is 0.131. The summed E-state index contributed by atoms with van der Waals surface area (Å²) in [6.45, 7) is 5.30. The fourth-order valence-electron chi connectivity index (χ4n) is 5.27. The normalized spacial score (nSPS) is 16.5. The monoisotopic (exact) mass is 666 g/mol. The van der Waals surface area contributed by atoms with Crippen molar-refractivity contribution in [1.29, 1.82) is 0 Å². The fourth-order valence-corrected chi connectivity index (χ4v) is 5.27. The first-order chi connectivity index (χ1) is 22.8. The smallest absolute Gasteiger partial charge is 0.303 e. The second-order valence-corrected chi connectivity index (χ2v) is 11.8. The predicted octanol–water partition coefficient (Wildman–Crippen LogP) is 2.15. The summed E-state index contributed by atoms with van der Waals surface area (Å²) in [5, 5.41) is 30.4. The van der Waals surface area contributed by atoms with Crippen LogP contribution in [-0.2, 0) is 35.2 Å². The number of hydrogen-bond donors (Lipinski definition) is 5. The first kappa shape index (κ1) is 37.1. The molecule has 5 amide bonds. The molecule has 15 heteroatoms. The van der Waals surface area contributed by atoms with Crippen molar-refractivity contribution in [3.8, 4) is 0 Å². The number of nitro benzene ring substituents is 1. The van der Waals surface area contributed by atoms with E-state index in [0.29, 0.717) is 24.9 Å². The third-order valence-electron chi connectivity index (χ3n) is 8.21. The van der Waals surface area contributed by atoms with Gasteiger partial charge in [0, 0.05) is 37.2 Å². The Morgan fingerprint density at radius 2 is 1.60 bits per heavy atom. The second kappa shape index (κ2) is 17.5. The van der Waals surface area contributed by atoms with E-state index in [9.17, 15) is 38.9 Å². The molecule has 1 unspecified atom stereocenters. The molecule has 5 atom stereocenters. The van der Waals surface area contributed by atoms with Crippen molar-refractivity contribution >= 4 is 46.9 Å². The lowest BCUT2D eigenvalue weighted by molar-refractivity contribution is -0.384. The fraction of sp³-hybridized carbons (Fsp3) is 0.455. The van der Waals surface area contributed by atoms with Gasteiger partial charge in [0.15, 0.2) is 0 Å². The number of nitrogens with zero attached hydrogens (tertiary/aromatic N) is 2. The molecule has 0 radical (unpaired) electrons. The molecule has 0 saturated carbocycles. The van der Waals surface area contributed by atoms with Crippen molar-refractivity contribution in [2.75, 3.05) is 11.9 Å². The highest BCUT2D eigenvalue weighted by molar-refractivity contribution is 5.99. The highest BCUT2D eigenvalue weighted by Crippen LogP contribution is 2.22. The lowest BCUT2D eigenvalue weighted by Gasteiger charge is -2.32. The maximum Gasteiger partial charge on any atom is 0.303 e. The van der Waals surface area contributed by atoms with Crippen LogP contribution >= 0.6 is 0 Å². The second-order valence-electron chi connectivity index (χ2n) is 11.8. The number of nitro groups is 1. The summed E-state index contributed by atoms with van der Waals surface area (Å²) < 4.78 is 0. The maximum atomic E-state index is 13.9. The standard InChI is InChI=1S/C33H42N6O9/c1-4-20(2)29(37-30(43)21(3)34-27(40)16-17-28(41)42)33(46)38-18-8-11-26(38)32(45)36-25(19-22-9-6-5-7-10-22)31(44)35-23-12-14-24(15-13-23)39(47)48/h5-7,9-10,12-15,20-21,25-26,29H,4,8,11,16-19H2,1-3H3,(H,34,40)(H,35,44)(H,36,45)(H,37,43)(H,41,42)/t20?,21-,25-,26-,29-/m0/s1. The van der Waals surface area contributed by atoms with Crippen LogP contribution in [0.2, 0.25) is 0 Å². The average Bonchev–Trinajstić information content (AvgIpc) is 3.56. The summed E-state index contributed by atoms with van der Waals surface area (Å²) in [6, 6.07) is 10.3. The number of carboxylic acid groups (broad SMARTS) is 1. The van der Waals surface area contributed by atoms with E-state index < -0.39 is 71.0 Å². The van der Waals surface area contributed by atoms with Crippen LogP contribution < -0.4 is 21.3 Å². The van der Waals surface area contributed by atoms with Gasteiger partial charge < -0.3 is 31.3 Å². The summed E-state index contributed by atoms with van der Waals surface area (Å²) in [4.78, 5) is 88.7. The molecule has 0 spiro atoms. The molecule has 1 saturated heterocycles. The average molecular weight is 667 g/mol. The van der Waals surface area contributed by atoms with E-state index in [4.69, 9.17) is 5.11 Å². The van der Waals surface area contributed by atoms with E-state index in [0.717, 1.165) is 5.56 Å². The van der Waals surface area contributed by atoms with Gasteiger partial charge >= 0.3 is 5.97 Å². The molecule has 1 aliphatic rings. The topological polar surface area (TPSA) is 217 Å². The zero-order chi connectivity index (χ0) is 35.4. The number of hydrogen-bond acceptors (Lipinski definition) is 8. The van der Waals surface area contributed by atoms with Crippen LogP contribution in [0.3, 0.4) is 0 Å². The Hall–Kier alpha value is -5.34. The molecule has 2 aromatic rings. The largest absolute Gasteiger partial charge is 0.481 e. The number of benzene rings is 2. The Balaban J connectivity index is 1.74. The Kier molecular flexibility index (Phi) is 13.6. The van der Waals surface area contributed by atoms with Crippen LogP contribution in [0.4, 0.5) is 11.4 Å². The highest BCUT2D eigenvalue weighted by atomic mass is 16.6. The molecule has 1 fully saturated rings. The minimum Gasteiger partial charge on any atom is -0.481 e. The summed E-state index contributed by atoms with van der Waals surface area (Å²) in [7, 11) is 0. The third kappa shape index (κ3) is 10.6.